The molecule has 2 fully saturated rings. The van der Waals surface area contributed by atoms with Gasteiger partial charge in [0.1, 0.15) is 5.75 Å². The lowest BCUT2D eigenvalue weighted by Crippen LogP contribution is -2.47. The Bertz CT molecular complexity index is 1870. The van der Waals surface area contributed by atoms with Crippen molar-refractivity contribution in [3.8, 4) is 45.3 Å². The normalized spacial score (nSPS) is 15.1. The number of halogens is 2. The van der Waals surface area contributed by atoms with E-state index in [1.165, 1.54) is 0 Å². The summed E-state index contributed by atoms with van der Waals surface area (Å²) in [4.78, 5) is 41.2. The standard InChI is InChI=1S/C42H52Cl2N8O4/c1-49(2)41(53)51-20-15-30(16-21-51)46-25-28-11-10-27(24-36(28)55-5)39-38(44)33(14-19-45-39)32-8-7-9-34(37(32)43)35-13-12-29(40(48-35)56-6)26-47-31-17-22-52(23-18-31)42(54)50(3)4/h7-14,19,24,30-31,46-47H,15-18,20-23,25-26H2,1-6H3. The molecule has 12 nitrogen and oxygen atoms in total. The Balaban J connectivity index is 1.14. The number of benzene rings is 2. The van der Waals surface area contributed by atoms with Gasteiger partial charge in [-0.1, -0.05) is 59.6 Å². The number of piperidine rings is 2. The van der Waals surface area contributed by atoms with E-state index in [0.29, 0.717) is 52.5 Å². The first-order valence-corrected chi connectivity index (χ1v) is 19.8. The molecule has 0 radical (unpaired) electrons. The zero-order chi connectivity index (χ0) is 39.9. The summed E-state index contributed by atoms with van der Waals surface area (Å²) in [5.41, 5.74) is 6.34. The van der Waals surface area contributed by atoms with Gasteiger partial charge in [-0.15, -0.1) is 0 Å². The number of hydrogen-bond donors (Lipinski definition) is 2. The van der Waals surface area contributed by atoms with Gasteiger partial charge < -0.3 is 39.7 Å². The molecule has 298 valence electrons. The Labute approximate surface area is 340 Å². The first-order chi connectivity index (χ1) is 27.0. The first kappa shape index (κ1) is 41.0. The number of nitrogens with one attached hydrogen (secondary N) is 2. The summed E-state index contributed by atoms with van der Waals surface area (Å²) in [5, 5.41) is 8.26. The second-order valence-electron chi connectivity index (χ2n) is 14.7. The van der Waals surface area contributed by atoms with E-state index >= 15 is 0 Å². The van der Waals surface area contributed by atoms with Crippen molar-refractivity contribution in [3.63, 3.8) is 0 Å². The van der Waals surface area contributed by atoms with E-state index in [-0.39, 0.29) is 12.1 Å². The predicted molar refractivity (Wildman–Crippen MR) is 222 cm³/mol. The van der Waals surface area contributed by atoms with Crippen LogP contribution in [0.15, 0.2) is 60.8 Å². The van der Waals surface area contributed by atoms with Gasteiger partial charge >= 0.3 is 12.1 Å². The molecule has 56 heavy (non-hydrogen) atoms. The van der Waals surface area contributed by atoms with E-state index in [4.69, 9.17) is 37.7 Å². The molecule has 2 N–H and O–H groups in total. The summed E-state index contributed by atoms with van der Waals surface area (Å²) in [7, 11) is 10.4. The number of urea groups is 2. The smallest absolute Gasteiger partial charge is 0.319 e. The van der Waals surface area contributed by atoms with Crippen LogP contribution in [0, 0.1) is 0 Å². The summed E-state index contributed by atoms with van der Waals surface area (Å²) in [6.45, 7) is 4.14. The lowest BCUT2D eigenvalue weighted by molar-refractivity contribution is 0.152. The Morgan fingerprint density at radius 2 is 1.29 bits per heavy atom. The number of amides is 4. The van der Waals surface area contributed by atoms with Gasteiger partial charge in [-0.2, -0.15) is 0 Å². The van der Waals surface area contributed by atoms with Crippen LogP contribution in [0.25, 0.3) is 33.6 Å². The van der Waals surface area contributed by atoms with Crippen molar-refractivity contribution < 1.29 is 19.1 Å². The SMILES string of the molecule is COc1cc(-c2nccc(-c3cccc(-c4ccc(CNC5CCN(C(=O)N(C)C)CC5)c(OC)n4)c3Cl)c2Cl)ccc1CNC1CCN(C(=O)N(C)C)CC1. The van der Waals surface area contributed by atoms with Crippen LogP contribution < -0.4 is 20.1 Å². The fraction of sp³-hybridized carbons (Fsp3) is 0.429. The van der Waals surface area contributed by atoms with E-state index in [1.54, 1.807) is 58.4 Å². The van der Waals surface area contributed by atoms with Crippen molar-refractivity contribution >= 4 is 35.3 Å². The van der Waals surface area contributed by atoms with E-state index < -0.39 is 0 Å². The van der Waals surface area contributed by atoms with Crippen molar-refractivity contribution in [1.29, 1.82) is 0 Å². The molecule has 0 spiro atoms. The molecule has 6 rings (SSSR count). The molecule has 14 heteroatoms. The third-order valence-corrected chi connectivity index (χ3v) is 11.4. The molecule has 2 aliphatic rings. The maximum Gasteiger partial charge on any atom is 0.319 e. The van der Waals surface area contributed by atoms with Crippen LogP contribution in [0.3, 0.4) is 0 Å². The van der Waals surface area contributed by atoms with Crippen molar-refractivity contribution in [2.24, 2.45) is 0 Å². The fourth-order valence-corrected chi connectivity index (χ4v) is 8.03. The lowest BCUT2D eigenvalue weighted by Gasteiger charge is -2.34. The number of pyridine rings is 2. The Morgan fingerprint density at radius 3 is 1.86 bits per heavy atom. The van der Waals surface area contributed by atoms with Gasteiger partial charge in [0.15, 0.2) is 0 Å². The number of nitrogens with zero attached hydrogens (tertiary/aromatic N) is 6. The number of aromatic nitrogens is 2. The fourth-order valence-electron chi connectivity index (χ4n) is 7.38. The Hall–Kier alpha value is -4.62. The number of carbonyl (C=O) groups excluding carboxylic acids is 2. The van der Waals surface area contributed by atoms with Crippen LogP contribution in [0.1, 0.15) is 36.8 Å². The molecule has 0 aliphatic carbocycles. The molecular weight excluding hydrogens is 751 g/mol. The van der Waals surface area contributed by atoms with Crippen LogP contribution >= 0.6 is 23.2 Å². The van der Waals surface area contributed by atoms with Crippen molar-refractivity contribution in [2.75, 3.05) is 68.6 Å². The van der Waals surface area contributed by atoms with Crippen LogP contribution in [0.5, 0.6) is 11.6 Å². The maximum atomic E-state index is 12.3. The van der Waals surface area contributed by atoms with Gasteiger partial charge in [0.05, 0.1) is 35.7 Å². The van der Waals surface area contributed by atoms with E-state index in [2.05, 4.69) is 15.6 Å². The van der Waals surface area contributed by atoms with Crippen LogP contribution in [-0.4, -0.2) is 122 Å². The summed E-state index contributed by atoms with van der Waals surface area (Å²) < 4.78 is 11.6. The Kier molecular flexibility index (Phi) is 13.6. The average molecular weight is 804 g/mol. The van der Waals surface area contributed by atoms with Gasteiger partial charge in [-0.25, -0.2) is 14.6 Å². The molecule has 0 unspecified atom stereocenters. The second kappa shape index (κ2) is 18.5. The van der Waals surface area contributed by atoms with Gasteiger partial charge in [0, 0.05) is 119 Å². The van der Waals surface area contributed by atoms with Crippen molar-refractivity contribution in [3.05, 3.63) is 82.0 Å². The minimum absolute atomic E-state index is 0.0544. The highest BCUT2D eigenvalue weighted by Gasteiger charge is 2.26. The van der Waals surface area contributed by atoms with Crippen molar-refractivity contribution in [2.45, 2.75) is 50.9 Å². The lowest BCUT2D eigenvalue weighted by atomic mass is 9.99. The zero-order valence-corrected chi connectivity index (χ0v) is 34.6. The quantitative estimate of drug-likeness (QED) is 0.163. The summed E-state index contributed by atoms with van der Waals surface area (Å²) in [6, 6.07) is 18.4. The Morgan fingerprint density at radius 1 is 0.732 bits per heavy atom. The van der Waals surface area contributed by atoms with Crippen LogP contribution in [0.2, 0.25) is 10.0 Å². The minimum atomic E-state index is 0.0544. The first-order valence-electron chi connectivity index (χ1n) is 19.0. The molecule has 0 bridgehead atoms. The maximum absolute atomic E-state index is 12.3. The summed E-state index contributed by atoms with van der Waals surface area (Å²) >= 11 is 14.3. The minimum Gasteiger partial charge on any atom is -0.496 e. The van der Waals surface area contributed by atoms with Crippen molar-refractivity contribution in [1.82, 2.24) is 40.2 Å². The number of hydrogen-bond acceptors (Lipinski definition) is 8. The van der Waals surface area contributed by atoms with Gasteiger partial charge in [0.25, 0.3) is 0 Å². The number of rotatable bonds is 11. The summed E-state index contributed by atoms with van der Waals surface area (Å²) in [5.74, 6) is 1.26. The van der Waals surface area contributed by atoms with E-state index in [0.717, 1.165) is 91.0 Å². The largest absolute Gasteiger partial charge is 0.496 e. The van der Waals surface area contributed by atoms with Crippen LogP contribution in [0.4, 0.5) is 9.59 Å². The molecule has 4 heterocycles. The number of likely N-dealkylation sites (tertiary alicyclic amines) is 2. The molecule has 2 aromatic heterocycles. The second-order valence-corrected chi connectivity index (χ2v) is 15.5. The third-order valence-electron chi connectivity index (χ3n) is 10.6. The molecule has 4 amide bonds. The third kappa shape index (κ3) is 9.32. The van der Waals surface area contributed by atoms with Crippen LogP contribution in [-0.2, 0) is 13.1 Å². The predicted octanol–water partition coefficient (Wildman–Crippen LogP) is 7.27. The molecule has 2 aromatic carbocycles. The van der Waals surface area contributed by atoms with E-state index in [9.17, 15) is 9.59 Å². The highest BCUT2D eigenvalue weighted by atomic mass is 35.5. The molecule has 0 saturated carbocycles. The van der Waals surface area contributed by atoms with Gasteiger partial charge in [0.2, 0.25) is 5.88 Å². The number of carbonyl (C=O) groups is 2. The van der Waals surface area contributed by atoms with E-state index in [1.807, 2.05) is 64.4 Å². The highest BCUT2D eigenvalue weighted by Crippen LogP contribution is 2.42. The molecule has 2 aliphatic heterocycles. The zero-order valence-electron chi connectivity index (χ0n) is 33.1. The number of methoxy groups -OCH3 is 2. The monoisotopic (exact) mass is 802 g/mol. The van der Waals surface area contributed by atoms with Gasteiger partial charge in [-0.3, -0.25) is 4.98 Å². The number of ether oxygens (including phenoxy) is 2. The molecular formula is C42H52Cl2N8O4. The highest BCUT2D eigenvalue weighted by molar-refractivity contribution is 6.39. The summed E-state index contributed by atoms with van der Waals surface area (Å²) in [6.07, 6.45) is 5.29. The topological polar surface area (TPSA) is 115 Å². The average Bonchev–Trinajstić information content (AvgIpc) is 3.22. The van der Waals surface area contributed by atoms with Gasteiger partial charge in [-0.05, 0) is 43.9 Å². The molecule has 4 aromatic rings. The molecule has 0 atom stereocenters. The molecule has 2 saturated heterocycles.